The lowest BCUT2D eigenvalue weighted by Crippen LogP contribution is -2.41. The Bertz CT molecular complexity index is 1040. The second-order valence-electron chi connectivity index (χ2n) is 7.90. The van der Waals surface area contributed by atoms with Crippen molar-refractivity contribution in [3.63, 3.8) is 0 Å². The van der Waals surface area contributed by atoms with Gasteiger partial charge in [-0.1, -0.05) is 35.3 Å². The van der Waals surface area contributed by atoms with Gasteiger partial charge in [0.25, 0.3) is 5.91 Å². The molecule has 2 bridgehead atoms. The molecule has 0 aromatic heterocycles. The first kappa shape index (κ1) is 22.5. The number of nitrogens with zero attached hydrogens (tertiary/aromatic N) is 1. The number of nitrogens with two attached hydrogens (primary N) is 1. The summed E-state index contributed by atoms with van der Waals surface area (Å²) >= 11 is 12.0. The minimum absolute atomic E-state index is 0.0131. The van der Waals surface area contributed by atoms with Crippen LogP contribution in [0.25, 0.3) is 0 Å². The summed E-state index contributed by atoms with van der Waals surface area (Å²) in [7, 11) is 0. The molecule has 1 fully saturated rings. The van der Waals surface area contributed by atoms with Crippen LogP contribution in [0.1, 0.15) is 18.4 Å². The van der Waals surface area contributed by atoms with Gasteiger partial charge in [-0.25, -0.2) is 0 Å². The van der Waals surface area contributed by atoms with E-state index in [0.717, 1.165) is 24.4 Å². The molecule has 2 atom stereocenters. The average molecular weight is 475 g/mol. The highest BCUT2D eigenvalue weighted by molar-refractivity contribution is 6.31. The van der Waals surface area contributed by atoms with Crippen LogP contribution in [0, 0.1) is 0 Å². The molecule has 2 aromatic rings. The first-order valence-corrected chi connectivity index (χ1v) is 11.1. The molecule has 0 unspecified atom stereocenters. The summed E-state index contributed by atoms with van der Waals surface area (Å²) in [5.41, 5.74) is 8.15. The topological polar surface area (TPSA) is 96.7 Å². The van der Waals surface area contributed by atoms with Crippen LogP contribution in [0.5, 0.6) is 5.75 Å². The van der Waals surface area contributed by atoms with Crippen LogP contribution in [0.2, 0.25) is 10.0 Å². The summed E-state index contributed by atoms with van der Waals surface area (Å²) in [6.07, 6.45) is 3.96. The number of rotatable bonds is 8. The Balaban J connectivity index is 1.30. The number of nitrogens with one attached hydrogen (secondary N) is 2. The van der Waals surface area contributed by atoms with Gasteiger partial charge in [-0.05, 0) is 54.3 Å². The Morgan fingerprint density at radius 3 is 2.53 bits per heavy atom. The smallest absolute Gasteiger partial charge is 0.258 e. The van der Waals surface area contributed by atoms with Gasteiger partial charge in [-0.15, -0.1) is 0 Å². The summed E-state index contributed by atoms with van der Waals surface area (Å²) < 4.78 is 5.63. The summed E-state index contributed by atoms with van der Waals surface area (Å²) in [4.78, 5) is 26.4. The summed E-state index contributed by atoms with van der Waals surface area (Å²) in [5.74, 6) is -0.245. The van der Waals surface area contributed by atoms with E-state index < -0.39 is 0 Å². The Kier molecular flexibility index (Phi) is 6.89. The van der Waals surface area contributed by atoms with Gasteiger partial charge in [0.15, 0.2) is 6.61 Å². The molecule has 2 aromatic carbocycles. The van der Waals surface area contributed by atoms with Crippen LogP contribution >= 0.6 is 23.2 Å². The van der Waals surface area contributed by atoms with Gasteiger partial charge in [0.1, 0.15) is 5.75 Å². The number of carbonyl (C=O) groups is 2. The minimum Gasteiger partial charge on any atom is -0.482 e. The van der Waals surface area contributed by atoms with Crippen molar-refractivity contribution < 1.29 is 14.3 Å². The Hall–Kier alpha value is -2.74. The molecule has 1 saturated carbocycles. The summed E-state index contributed by atoms with van der Waals surface area (Å²) in [6, 6.07) is 13.0. The third-order valence-corrected chi connectivity index (χ3v) is 6.09. The number of ether oxygens (including phenoxy) is 1. The fourth-order valence-corrected chi connectivity index (χ4v) is 4.37. The van der Waals surface area contributed by atoms with Gasteiger partial charge in [0.05, 0.1) is 18.3 Å². The van der Waals surface area contributed by atoms with Gasteiger partial charge in [-0.2, -0.15) is 0 Å². The number of hydrogen-bond donors (Lipinski definition) is 3. The second kappa shape index (κ2) is 9.81. The molecule has 7 nitrogen and oxygen atoms in total. The molecule has 4 N–H and O–H groups in total. The number of hydrogen-bond acceptors (Lipinski definition) is 5. The molecule has 9 heteroatoms. The van der Waals surface area contributed by atoms with Crippen LogP contribution in [0.3, 0.4) is 0 Å². The summed E-state index contributed by atoms with van der Waals surface area (Å²) in [5, 5.41) is 6.83. The Morgan fingerprint density at radius 2 is 1.84 bits per heavy atom. The maximum Gasteiger partial charge on any atom is 0.258 e. The lowest BCUT2D eigenvalue weighted by Gasteiger charge is -2.28. The van der Waals surface area contributed by atoms with Crippen LogP contribution in [0.4, 0.5) is 5.69 Å². The summed E-state index contributed by atoms with van der Waals surface area (Å²) in [6.45, 7) is 0.485. The molecule has 2 aliphatic rings. The van der Waals surface area contributed by atoms with Crippen molar-refractivity contribution in [2.75, 3.05) is 18.5 Å². The van der Waals surface area contributed by atoms with Gasteiger partial charge >= 0.3 is 0 Å². The zero-order chi connectivity index (χ0) is 22.7. The standard InChI is InChI=1S/C23H24Cl2N4O3/c24-16-3-1-14(2-4-16)11-29-12-15-7-18(29)9-19(15)27-23(31)13-32-21-6-5-17(25)8-20(21)28-22(30)10-26/h1-6,8,12,18-19H,7,9-11,13,26H2,(H,27,31)(H,28,30)/t18-,19+/m0/s1. The molecule has 168 valence electrons. The zero-order valence-corrected chi connectivity index (χ0v) is 18.8. The minimum atomic E-state index is -0.376. The molecule has 1 heterocycles. The van der Waals surface area contributed by atoms with Gasteiger partial charge in [0.2, 0.25) is 5.91 Å². The molecule has 0 saturated heterocycles. The van der Waals surface area contributed by atoms with Gasteiger partial charge < -0.3 is 26.0 Å². The molecule has 32 heavy (non-hydrogen) atoms. The molecule has 2 amide bonds. The van der Waals surface area contributed by atoms with E-state index in [-0.39, 0.29) is 31.0 Å². The normalized spacial score (nSPS) is 19.0. The molecule has 0 spiro atoms. The predicted molar refractivity (Wildman–Crippen MR) is 125 cm³/mol. The van der Waals surface area contributed by atoms with E-state index in [4.69, 9.17) is 33.7 Å². The highest BCUT2D eigenvalue weighted by Crippen LogP contribution is 2.37. The van der Waals surface area contributed by atoms with Crippen LogP contribution in [-0.4, -0.2) is 41.9 Å². The average Bonchev–Trinajstić information content (AvgIpc) is 3.34. The molecule has 1 aliphatic heterocycles. The van der Waals surface area contributed by atoms with E-state index in [1.54, 1.807) is 18.2 Å². The zero-order valence-electron chi connectivity index (χ0n) is 17.3. The first-order valence-electron chi connectivity index (χ1n) is 10.3. The fourth-order valence-electron chi connectivity index (χ4n) is 4.07. The molecular formula is C23H24Cl2N4O3. The highest BCUT2D eigenvalue weighted by Gasteiger charge is 2.38. The van der Waals surface area contributed by atoms with E-state index >= 15 is 0 Å². The van der Waals surface area contributed by atoms with Crippen molar-refractivity contribution in [1.82, 2.24) is 10.2 Å². The maximum absolute atomic E-state index is 12.5. The number of fused-ring (bicyclic) bond motifs is 2. The Morgan fingerprint density at radius 1 is 1.09 bits per heavy atom. The highest BCUT2D eigenvalue weighted by atomic mass is 35.5. The van der Waals surface area contributed by atoms with E-state index in [1.807, 2.05) is 24.3 Å². The third kappa shape index (κ3) is 5.35. The van der Waals surface area contributed by atoms with Crippen LogP contribution in [0.15, 0.2) is 54.2 Å². The quantitative estimate of drug-likeness (QED) is 0.545. The van der Waals surface area contributed by atoms with Gasteiger partial charge in [-0.3, -0.25) is 9.59 Å². The molecule has 4 rings (SSSR count). The largest absolute Gasteiger partial charge is 0.482 e. The molecule has 1 aliphatic carbocycles. The number of amides is 2. The first-order chi connectivity index (χ1) is 15.4. The van der Waals surface area contributed by atoms with Crippen molar-refractivity contribution in [2.45, 2.75) is 31.5 Å². The molecule has 0 radical (unpaired) electrons. The fraction of sp³-hybridized carbons (Fsp3) is 0.304. The second-order valence-corrected chi connectivity index (χ2v) is 8.77. The van der Waals surface area contributed by atoms with Crippen molar-refractivity contribution in [3.8, 4) is 5.75 Å². The lowest BCUT2D eigenvalue weighted by molar-refractivity contribution is -0.123. The number of anilines is 1. The van der Waals surface area contributed by atoms with Crippen molar-refractivity contribution in [3.05, 3.63) is 69.8 Å². The monoisotopic (exact) mass is 474 g/mol. The lowest BCUT2D eigenvalue weighted by atomic mass is 10.1. The SMILES string of the molecule is NCC(=O)Nc1cc(Cl)ccc1OCC(=O)N[C@@H]1C[C@@H]2CC1=CN2Cc1ccc(Cl)cc1. The Labute approximate surface area is 196 Å². The van der Waals surface area contributed by atoms with Gasteiger partial charge in [0, 0.05) is 28.8 Å². The molecular weight excluding hydrogens is 451 g/mol. The maximum atomic E-state index is 12.5. The van der Waals surface area contributed by atoms with Crippen LogP contribution < -0.4 is 21.1 Å². The van der Waals surface area contributed by atoms with E-state index in [2.05, 4.69) is 21.7 Å². The number of halogens is 2. The van der Waals surface area contributed by atoms with E-state index in [0.29, 0.717) is 22.5 Å². The number of benzene rings is 2. The predicted octanol–water partition coefficient (Wildman–Crippen LogP) is 3.32. The third-order valence-electron chi connectivity index (χ3n) is 5.60. The number of carbonyl (C=O) groups excluding carboxylic acids is 2. The van der Waals surface area contributed by atoms with E-state index in [9.17, 15) is 9.59 Å². The van der Waals surface area contributed by atoms with Crippen molar-refractivity contribution in [2.24, 2.45) is 5.73 Å². The van der Waals surface area contributed by atoms with Crippen LogP contribution in [-0.2, 0) is 16.1 Å². The van der Waals surface area contributed by atoms with Crippen molar-refractivity contribution in [1.29, 1.82) is 0 Å². The van der Waals surface area contributed by atoms with Crippen molar-refractivity contribution >= 4 is 40.7 Å². The van der Waals surface area contributed by atoms with E-state index in [1.165, 1.54) is 11.1 Å².